The van der Waals surface area contributed by atoms with Crippen LogP contribution in [0.3, 0.4) is 0 Å². The van der Waals surface area contributed by atoms with Crippen LogP contribution in [0.4, 0.5) is 0 Å². The van der Waals surface area contributed by atoms with Crippen LogP contribution >= 0.6 is 0 Å². The maximum absolute atomic E-state index is 12.1. The molecule has 7 heteroatoms. The van der Waals surface area contributed by atoms with Crippen LogP contribution in [0.5, 0.6) is 0 Å². The molecule has 0 bridgehead atoms. The topological polar surface area (TPSA) is 86.7 Å². The Morgan fingerprint density at radius 1 is 1.37 bits per heavy atom. The van der Waals surface area contributed by atoms with Crippen molar-refractivity contribution in [3.63, 3.8) is 0 Å². The van der Waals surface area contributed by atoms with Crippen LogP contribution in [-0.2, 0) is 10.0 Å². The first-order chi connectivity index (χ1) is 8.75. The molecular weight excluding hydrogens is 268 g/mol. The number of carboxylic acid groups (broad SMARTS) is 1. The Morgan fingerprint density at radius 2 is 2.00 bits per heavy atom. The fourth-order valence-electron chi connectivity index (χ4n) is 1.62. The predicted octanol–water partition coefficient (Wildman–Crippen LogP) is 0.533. The lowest BCUT2D eigenvalue weighted by molar-refractivity contribution is 0.0696. The fraction of sp³-hybridized carbons (Fsp3) is 0.417. The van der Waals surface area contributed by atoms with E-state index in [2.05, 4.69) is 4.72 Å². The molecule has 19 heavy (non-hydrogen) atoms. The maximum atomic E-state index is 12.1. The van der Waals surface area contributed by atoms with E-state index in [1.54, 1.807) is 0 Å². The van der Waals surface area contributed by atoms with Crippen LogP contribution < -0.4 is 4.72 Å². The van der Waals surface area contributed by atoms with E-state index >= 15 is 0 Å². The molecule has 6 nitrogen and oxygen atoms in total. The lowest BCUT2D eigenvalue weighted by atomic mass is 10.1. The number of hydrogen-bond acceptors (Lipinski definition) is 4. The second kappa shape index (κ2) is 6.14. The van der Waals surface area contributed by atoms with Crippen molar-refractivity contribution in [1.82, 2.24) is 9.62 Å². The van der Waals surface area contributed by atoms with Crippen LogP contribution in [0.1, 0.15) is 15.9 Å². The van der Waals surface area contributed by atoms with Gasteiger partial charge in [0.1, 0.15) is 0 Å². The molecule has 0 saturated carbocycles. The number of carboxylic acids is 1. The molecule has 0 aliphatic heterocycles. The van der Waals surface area contributed by atoms with Gasteiger partial charge in [-0.25, -0.2) is 17.9 Å². The minimum Gasteiger partial charge on any atom is -0.478 e. The van der Waals surface area contributed by atoms with Gasteiger partial charge >= 0.3 is 5.97 Å². The molecule has 0 aliphatic rings. The maximum Gasteiger partial charge on any atom is 0.335 e. The first kappa shape index (κ1) is 15.6. The third-order valence-electron chi connectivity index (χ3n) is 2.66. The molecule has 0 saturated heterocycles. The molecule has 0 unspecified atom stereocenters. The van der Waals surface area contributed by atoms with Crippen LogP contribution in [0.25, 0.3) is 0 Å². The number of carbonyl (C=O) groups is 1. The van der Waals surface area contributed by atoms with Crippen molar-refractivity contribution in [1.29, 1.82) is 0 Å². The first-order valence-electron chi connectivity index (χ1n) is 5.73. The van der Waals surface area contributed by atoms with Crippen molar-refractivity contribution in [3.8, 4) is 0 Å². The molecule has 0 heterocycles. The zero-order valence-electron chi connectivity index (χ0n) is 11.2. The van der Waals surface area contributed by atoms with E-state index in [-0.39, 0.29) is 22.6 Å². The van der Waals surface area contributed by atoms with E-state index in [9.17, 15) is 13.2 Å². The number of sulfonamides is 1. The Balaban J connectivity index is 3.02. The SMILES string of the molecule is Cc1c(C(=O)O)cccc1S(=O)(=O)NCCN(C)C. The number of nitrogens with one attached hydrogen (secondary N) is 1. The molecular formula is C12H18N2O4S. The van der Waals surface area contributed by atoms with Gasteiger partial charge in [0.15, 0.2) is 0 Å². The minimum absolute atomic E-state index is 0.00418. The monoisotopic (exact) mass is 286 g/mol. The fourth-order valence-corrected chi connectivity index (χ4v) is 2.90. The summed E-state index contributed by atoms with van der Waals surface area (Å²) in [5.74, 6) is -1.14. The molecule has 1 rings (SSSR count). The Morgan fingerprint density at radius 3 is 2.53 bits per heavy atom. The standard InChI is InChI=1S/C12H18N2O4S/c1-9-10(12(15)16)5-4-6-11(9)19(17,18)13-7-8-14(2)3/h4-6,13H,7-8H2,1-3H3,(H,15,16). The highest BCUT2D eigenvalue weighted by molar-refractivity contribution is 7.89. The molecule has 0 aliphatic carbocycles. The third kappa shape index (κ3) is 4.02. The van der Waals surface area contributed by atoms with E-state index in [4.69, 9.17) is 5.11 Å². The molecule has 0 amide bonds. The molecule has 106 valence electrons. The van der Waals surface area contributed by atoms with Crippen molar-refractivity contribution in [2.75, 3.05) is 27.2 Å². The molecule has 0 radical (unpaired) electrons. The van der Waals surface area contributed by atoms with Crippen molar-refractivity contribution >= 4 is 16.0 Å². The van der Waals surface area contributed by atoms with Crippen molar-refractivity contribution < 1.29 is 18.3 Å². The zero-order valence-corrected chi connectivity index (χ0v) is 12.0. The van der Waals surface area contributed by atoms with Crippen LogP contribution in [0.2, 0.25) is 0 Å². The summed E-state index contributed by atoms with van der Waals surface area (Å²) in [6, 6.07) is 4.22. The molecule has 1 aromatic carbocycles. The predicted molar refractivity (Wildman–Crippen MR) is 71.9 cm³/mol. The highest BCUT2D eigenvalue weighted by Gasteiger charge is 2.20. The molecule has 1 aromatic rings. The minimum atomic E-state index is -3.68. The van der Waals surface area contributed by atoms with Crippen molar-refractivity contribution in [3.05, 3.63) is 29.3 Å². The van der Waals surface area contributed by atoms with Crippen LogP contribution in [-0.4, -0.2) is 51.6 Å². The quantitative estimate of drug-likeness (QED) is 0.796. The number of aromatic carboxylic acids is 1. The molecule has 0 fully saturated rings. The summed E-state index contributed by atoms with van der Waals surface area (Å²) >= 11 is 0. The van der Waals surface area contributed by atoms with Gasteiger partial charge in [0.05, 0.1) is 10.5 Å². The molecule has 2 N–H and O–H groups in total. The van der Waals surface area contributed by atoms with Crippen LogP contribution in [0.15, 0.2) is 23.1 Å². The van der Waals surface area contributed by atoms with Crippen LogP contribution in [0, 0.1) is 6.92 Å². The smallest absolute Gasteiger partial charge is 0.335 e. The summed E-state index contributed by atoms with van der Waals surface area (Å²) in [6.07, 6.45) is 0. The van der Waals surface area contributed by atoms with Gasteiger partial charge in [-0.15, -0.1) is 0 Å². The molecule has 0 spiro atoms. The number of rotatable bonds is 6. The van der Waals surface area contributed by atoms with E-state index < -0.39 is 16.0 Å². The van der Waals surface area contributed by atoms with Crippen molar-refractivity contribution in [2.45, 2.75) is 11.8 Å². The summed E-state index contributed by atoms with van der Waals surface area (Å²) in [4.78, 5) is 12.8. The lowest BCUT2D eigenvalue weighted by Crippen LogP contribution is -2.32. The first-order valence-corrected chi connectivity index (χ1v) is 7.21. The highest BCUT2D eigenvalue weighted by Crippen LogP contribution is 2.18. The van der Waals surface area contributed by atoms with E-state index in [0.717, 1.165) is 0 Å². The van der Waals surface area contributed by atoms with Crippen molar-refractivity contribution in [2.24, 2.45) is 0 Å². The van der Waals surface area contributed by atoms with Gasteiger partial charge in [0, 0.05) is 13.1 Å². The second-order valence-corrected chi connectivity index (χ2v) is 6.17. The van der Waals surface area contributed by atoms with Gasteiger partial charge in [-0.05, 0) is 38.7 Å². The zero-order chi connectivity index (χ0) is 14.6. The number of benzene rings is 1. The Kier molecular flexibility index (Phi) is 5.04. The number of hydrogen-bond donors (Lipinski definition) is 2. The summed E-state index contributed by atoms with van der Waals surface area (Å²) in [6.45, 7) is 2.33. The van der Waals surface area contributed by atoms with Gasteiger partial charge in [-0.2, -0.15) is 0 Å². The van der Waals surface area contributed by atoms with Gasteiger partial charge in [0.25, 0.3) is 0 Å². The Hall–Kier alpha value is -1.44. The third-order valence-corrected chi connectivity index (χ3v) is 4.26. The second-order valence-electron chi connectivity index (χ2n) is 4.43. The summed E-state index contributed by atoms with van der Waals surface area (Å²) in [5, 5.41) is 8.98. The molecule has 0 aromatic heterocycles. The number of nitrogens with zero attached hydrogens (tertiary/aromatic N) is 1. The van der Waals surface area contributed by atoms with Gasteiger partial charge in [0.2, 0.25) is 10.0 Å². The van der Waals surface area contributed by atoms with Gasteiger partial charge in [-0.3, -0.25) is 0 Å². The average molecular weight is 286 g/mol. The van der Waals surface area contributed by atoms with E-state index in [1.807, 2.05) is 19.0 Å². The Labute approximate surface area is 113 Å². The van der Waals surface area contributed by atoms with Gasteiger partial charge in [-0.1, -0.05) is 6.07 Å². The average Bonchev–Trinajstić information content (AvgIpc) is 2.27. The summed E-state index contributed by atoms with van der Waals surface area (Å²) in [7, 11) is -0.00685. The van der Waals surface area contributed by atoms with E-state index in [1.165, 1.54) is 25.1 Å². The van der Waals surface area contributed by atoms with Gasteiger partial charge < -0.3 is 10.0 Å². The summed E-state index contributed by atoms with van der Waals surface area (Å²) < 4.78 is 26.6. The largest absolute Gasteiger partial charge is 0.478 e. The summed E-state index contributed by atoms with van der Waals surface area (Å²) in [5.41, 5.74) is 0.239. The lowest BCUT2D eigenvalue weighted by Gasteiger charge is -2.13. The normalized spacial score (nSPS) is 11.8. The Bertz CT molecular complexity index is 567. The number of likely N-dealkylation sites (N-methyl/N-ethyl adjacent to an activating group) is 1. The molecule has 0 atom stereocenters. The van der Waals surface area contributed by atoms with E-state index in [0.29, 0.717) is 6.54 Å². The highest BCUT2D eigenvalue weighted by atomic mass is 32.2.